The van der Waals surface area contributed by atoms with Crippen molar-refractivity contribution < 1.29 is 14.7 Å². The highest BCUT2D eigenvalue weighted by Gasteiger charge is 2.19. The quantitative estimate of drug-likeness (QED) is 0.622. The molecule has 1 aromatic heterocycles. The second-order valence-corrected chi connectivity index (χ2v) is 7.41. The van der Waals surface area contributed by atoms with Gasteiger partial charge in [0.2, 0.25) is 0 Å². The fourth-order valence-corrected chi connectivity index (χ4v) is 3.73. The maximum atomic E-state index is 12.6. The molecular formula is C23H23N3O3. The first-order chi connectivity index (χ1) is 14.1. The van der Waals surface area contributed by atoms with Gasteiger partial charge in [-0.3, -0.25) is 14.6 Å². The van der Waals surface area contributed by atoms with Crippen LogP contribution in [0.3, 0.4) is 0 Å². The summed E-state index contributed by atoms with van der Waals surface area (Å²) in [6.07, 6.45) is 7.10. The van der Waals surface area contributed by atoms with Crippen LogP contribution in [0.5, 0.6) is 5.75 Å². The summed E-state index contributed by atoms with van der Waals surface area (Å²) >= 11 is 0. The number of hydrogen-bond acceptors (Lipinski definition) is 4. The number of phenolic OH excluding ortho intramolecular Hbond substituents is 1. The summed E-state index contributed by atoms with van der Waals surface area (Å²) in [5.74, 6) is -0.734. The SMILES string of the molecule is O=C(Nc1ccc(C(=O)NC2CCCCC2)c(O)c1)c1ccc2ncccc2c1. The minimum atomic E-state index is -0.297. The number of benzene rings is 2. The van der Waals surface area contributed by atoms with E-state index in [-0.39, 0.29) is 29.2 Å². The summed E-state index contributed by atoms with van der Waals surface area (Å²) < 4.78 is 0. The summed E-state index contributed by atoms with van der Waals surface area (Å²) in [5.41, 5.74) is 1.94. The van der Waals surface area contributed by atoms with Crippen molar-refractivity contribution in [2.45, 2.75) is 38.1 Å². The van der Waals surface area contributed by atoms with Crippen LogP contribution in [0.4, 0.5) is 5.69 Å². The molecule has 3 N–H and O–H groups in total. The van der Waals surface area contributed by atoms with Gasteiger partial charge in [0.15, 0.2) is 0 Å². The predicted octanol–water partition coefficient (Wildman–Crippen LogP) is 4.26. The monoisotopic (exact) mass is 389 g/mol. The first kappa shape index (κ1) is 18.9. The van der Waals surface area contributed by atoms with E-state index in [1.54, 1.807) is 30.5 Å². The Morgan fingerprint density at radius 1 is 0.966 bits per heavy atom. The smallest absolute Gasteiger partial charge is 0.255 e. The molecule has 4 rings (SSSR count). The van der Waals surface area contributed by atoms with Gasteiger partial charge >= 0.3 is 0 Å². The van der Waals surface area contributed by atoms with Gasteiger partial charge in [-0.15, -0.1) is 0 Å². The topological polar surface area (TPSA) is 91.3 Å². The Morgan fingerprint density at radius 3 is 2.59 bits per heavy atom. The van der Waals surface area contributed by atoms with E-state index in [0.717, 1.165) is 36.6 Å². The minimum Gasteiger partial charge on any atom is -0.507 e. The third-order valence-corrected chi connectivity index (χ3v) is 5.31. The number of nitrogens with one attached hydrogen (secondary N) is 2. The van der Waals surface area contributed by atoms with Crippen LogP contribution in [0.2, 0.25) is 0 Å². The number of phenols is 1. The van der Waals surface area contributed by atoms with Crippen LogP contribution in [0.25, 0.3) is 10.9 Å². The van der Waals surface area contributed by atoms with E-state index in [1.807, 2.05) is 12.1 Å². The molecular weight excluding hydrogens is 366 g/mol. The van der Waals surface area contributed by atoms with Gasteiger partial charge in [-0.25, -0.2) is 0 Å². The number of carbonyl (C=O) groups excluding carboxylic acids is 2. The Hall–Kier alpha value is -3.41. The third-order valence-electron chi connectivity index (χ3n) is 5.31. The lowest BCUT2D eigenvalue weighted by atomic mass is 9.95. The zero-order valence-corrected chi connectivity index (χ0v) is 16.0. The molecule has 29 heavy (non-hydrogen) atoms. The van der Waals surface area contributed by atoms with E-state index in [2.05, 4.69) is 15.6 Å². The standard InChI is InChI=1S/C23H23N3O3/c27-21-14-18(9-10-19(21)23(29)25-17-6-2-1-3-7-17)26-22(28)16-8-11-20-15(13-16)5-4-12-24-20/h4-5,8-14,17,27H,1-3,6-7H2,(H,25,29)(H,26,28). The zero-order valence-electron chi connectivity index (χ0n) is 16.0. The molecule has 0 bridgehead atoms. The first-order valence-corrected chi connectivity index (χ1v) is 9.90. The molecule has 1 heterocycles. The van der Waals surface area contributed by atoms with Crippen molar-refractivity contribution in [2.75, 3.05) is 5.32 Å². The van der Waals surface area contributed by atoms with Gasteiger partial charge in [-0.2, -0.15) is 0 Å². The molecule has 3 aromatic rings. The van der Waals surface area contributed by atoms with E-state index in [4.69, 9.17) is 0 Å². The maximum Gasteiger partial charge on any atom is 0.255 e. The van der Waals surface area contributed by atoms with Gasteiger partial charge in [0.1, 0.15) is 5.75 Å². The van der Waals surface area contributed by atoms with Crippen LogP contribution >= 0.6 is 0 Å². The molecule has 6 nitrogen and oxygen atoms in total. The minimum absolute atomic E-state index is 0.154. The van der Waals surface area contributed by atoms with Gasteiger partial charge in [0.05, 0.1) is 11.1 Å². The van der Waals surface area contributed by atoms with E-state index in [1.165, 1.54) is 18.6 Å². The second kappa shape index (κ2) is 8.31. The molecule has 1 fully saturated rings. The molecule has 1 aliphatic carbocycles. The Bertz CT molecular complexity index is 1060. The van der Waals surface area contributed by atoms with Gasteiger partial charge in [0.25, 0.3) is 11.8 Å². The average molecular weight is 389 g/mol. The van der Waals surface area contributed by atoms with Gasteiger partial charge in [-0.05, 0) is 49.2 Å². The Morgan fingerprint density at radius 2 is 1.79 bits per heavy atom. The van der Waals surface area contributed by atoms with Gasteiger partial charge in [-0.1, -0.05) is 25.3 Å². The van der Waals surface area contributed by atoms with Crippen molar-refractivity contribution in [3.8, 4) is 5.75 Å². The molecule has 0 aliphatic heterocycles. The molecule has 6 heteroatoms. The number of aromatic nitrogens is 1. The zero-order chi connectivity index (χ0) is 20.2. The average Bonchev–Trinajstić information content (AvgIpc) is 2.74. The van der Waals surface area contributed by atoms with Crippen molar-refractivity contribution >= 4 is 28.4 Å². The number of nitrogens with zero attached hydrogens (tertiary/aromatic N) is 1. The predicted molar refractivity (Wildman–Crippen MR) is 112 cm³/mol. The van der Waals surface area contributed by atoms with E-state index < -0.39 is 0 Å². The van der Waals surface area contributed by atoms with Crippen molar-refractivity contribution in [3.05, 3.63) is 65.9 Å². The van der Waals surface area contributed by atoms with Crippen LogP contribution in [0.1, 0.15) is 52.8 Å². The highest BCUT2D eigenvalue weighted by molar-refractivity contribution is 6.06. The molecule has 1 aliphatic rings. The fourth-order valence-electron chi connectivity index (χ4n) is 3.73. The molecule has 2 aromatic carbocycles. The Labute approximate surface area is 169 Å². The molecule has 0 unspecified atom stereocenters. The molecule has 0 atom stereocenters. The highest BCUT2D eigenvalue weighted by atomic mass is 16.3. The molecule has 0 spiro atoms. The fraction of sp³-hybridized carbons (Fsp3) is 0.261. The lowest BCUT2D eigenvalue weighted by Gasteiger charge is -2.23. The number of carbonyl (C=O) groups is 2. The molecule has 0 saturated heterocycles. The number of aromatic hydroxyl groups is 1. The van der Waals surface area contributed by atoms with Crippen LogP contribution in [-0.4, -0.2) is 27.9 Å². The Kier molecular flexibility index (Phi) is 5.42. The van der Waals surface area contributed by atoms with Gasteiger partial charge in [0, 0.05) is 34.9 Å². The second-order valence-electron chi connectivity index (χ2n) is 7.41. The lowest BCUT2D eigenvalue weighted by molar-refractivity contribution is 0.0924. The molecule has 148 valence electrons. The number of rotatable bonds is 4. The van der Waals surface area contributed by atoms with Crippen LogP contribution in [0, 0.1) is 0 Å². The summed E-state index contributed by atoms with van der Waals surface area (Å²) in [5, 5.41) is 16.9. The first-order valence-electron chi connectivity index (χ1n) is 9.90. The summed E-state index contributed by atoms with van der Waals surface area (Å²) in [6, 6.07) is 13.7. The summed E-state index contributed by atoms with van der Waals surface area (Å²) in [7, 11) is 0. The van der Waals surface area contributed by atoms with Crippen LogP contribution in [-0.2, 0) is 0 Å². The number of anilines is 1. The van der Waals surface area contributed by atoms with Crippen molar-refractivity contribution in [3.63, 3.8) is 0 Å². The molecule has 1 saturated carbocycles. The number of amides is 2. The number of pyridine rings is 1. The van der Waals surface area contributed by atoms with E-state index in [0.29, 0.717) is 11.3 Å². The Balaban J connectivity index is 1.45. The van der Waals surface area contributed by atoms with Crippen molar-refractivity contribution in [2.24, 2.45) is 0 Å². The normalized spacial score (nSPS) is 14.5. The van der Waals surface area contributed by atoms with Gasteiger partial charge < -0.3 is 15.7 Å². The molecule has 2 amide bonds. The molecule has 0 radical (unpaired) electrons. The highest BCUT2D eigenvalue weighted by Crippen LogP contribution is 2.24. The van der Waals surface area contributed by atoms with E-state index in [9.17, 15) is 14.7 Å². The van der Waals surface area contributed by atoms with Crippen molar-refractivity contribution in [1.82, 2.24) is 10.3 Å². The van der Waals surface area contributed by atoms with E-state index >= 15 is 0 Å². The lowest BCUT2D eigenvalue weighted by Crippen LogP contribution is -2.36. The number of hydrogen-bond donors (Lipinski definition) is 3. The number of fused-ring (bicyclic) bond motifs is 1. The van der Waals surface area contributed by atoms with Crippen LogP contribution < -0.4 is 10.6 Å². The summed E-state index contributed by atoms with van der Waals surface area (Å²) in [6.45, 7) is 0. The third kappa shape index (κ3) is 4.37. The maximum absolute atomic E-state index is 12.6. The van der Waals surface area contributed by atoms with Crippen molar-refractivity contribution in [1.29, 1.82) is 0 Å². The summed E-state index contributed by atoms with van der Waals surface area (Å²) in [4.78, 5) is 29.2. The van der Waals surface area contributed by atoms with Crippen LogP contribution in [0.15, 0.2) is 54.7 Å². The largest absolute Gasteiger partial charge is 0.507 e.